The van der Waals surface area contributed by atoms with E-state index >= 15 is 0 Å². The van der Waals surface area contributed by atoms with Crippen LogP contribution in [0.2, 0.25) is 0 Å². The third kappa shape index (κ3) is 4.11. The van der Waals surface area contributed by atoms with Crippen LogP contribution in [0.3, 0.4) is 0 Å². The number of likely N-dealkylation sites (tertiary alicyclic amines) is 1. The van der Waals surface area contributed by atoms with Gasteiger partial charge < -0.3 is 20.1 Å². The van der Waals surface area contributed by atoms with Crippen LogP contribution in [0.5, 0.6) is 0 Å². The smallest absolute Gasteiger partial charge is 0.407 e. The van der Waals surface area contributed by atoms with Crippen LogP contribution in [0.4, 0.5) is 10.5 Å². The highest BCUT2D eigenvalue weighted by Crippen LogP contribution is 2.18. The monoisotopic (exact) mass is 292 g/mol. The van der Waals surface area contributed by atoms with Crippen LogP contribution in [-0.2, 0) is 4.74 Å². The van der Waals surface area contributed by atoms with Gasteiger partial charge in [-0.2, -0.15) is 0 Å². The molecule has 1 saturated heterocycles. The van der Waals surface area contributed by atoms with Crippen molar-refractivity contribution >= 4 is 17.7 Å². The molecule has 6 heteroatoms. The fourth-order valence-corrected chi connectivity index (χ4v) is 2.49. The van der Waals surface area contributed by atoms with E-state index in [9.17, 15) is 9.59 Å². The molecular formula is C15H20N2O4. The second-order valence-corrected chi connectivity index (χ2v) is 5.11. The van der Waals surface area contributed by atoms with Gasteiger partial charge in [0.05, 0.1) is 12.7 Å². The Labute approximate surface area is 123 Å². The van der Waals surface area contributed by atoms with Gasteiger partial charge in [-0.05, 0) is 43.5 Å². The number of ether oxygens (including phenoxy) is 1. The molecule has 0 radical (unpaired) electrons. The molecular weight excluding hydrogens is 272 g/mol. The summed E-state index contributed by atoms with van der Waals surface area (Å²) in [5.74, 6) is -0.354. The van der Waals surface area contributed by atoms with Gasteiger partial charge in [-0.25, -0.2) is 9.59 Å². The van der Waals surface area contributed by atoms with Crippen molar-refractivity contribution in [2.45, 2.75) is 25.3 Å². The Morgan fingerprint density at radius 2 is 1.95 bits per heavy atom. The predicted molar refractivity (Wildman–Crippen MR) is 78.6 cm³/mol. The van der Waals surface area contributed by atoms with Crippen molar-refractivity contribution in [2.24, 2.45) is 0 Å². The third-order valence-electron chi connectivity index (χ3n) is 3.68. The Bertz CT molecular complexity index is 501. The molecule has 114 valence electrons. The minimum atomic E-state index is -0.849. The number of amides is 1. The largest absolute Gasteiger partial charge is 0.465 e. The van der Waals surface area contributed by atoms with E-state index < -0.39 is 6.09 Å². The molecule has 2 N–H and O–H groups in total. The molecule has 1 aromatic carbocycles. The molecule has 1 unspecified atom stereocenters. The standard InChI is InChI=1S/C15H20N2O4/c1-21-14(18)11-4-6-13(7-5-11)16-12-3-2-9-17(10-8-12)15(19)20/h4-7,12,16H,2-3,8-10H2,1H3,(H,19,20). The van der Waals surface area contributed by atoms with Gasteiger partial charge in [-0.15, -0.1) is 0 Å². The summed E-state index contributed by atoms with van der Waals surface area (Å²) in [6.07, 6.45) is 1.72. The summed E-state index contributed by atoms with van der Waals surface area (Å²) in [5.41, 5.74) is 1.44. The Hall–Kier alpha value is -2.24. The minimum Gasteiger partial charge on any atom is -0.465 e. The van der Waals surface area contributed by atoms with Gasteiger partial charge in [0.25, 0.3) is 0 Å². The zero-order valence-electron chi connectivity index (χ0n) is 12.0. The fourth-order valence-electron chi connectivity index (χ4n) is 2.49. The highest BCUT2D eigenvalue weighted by Gasteiger charge is 2.19. The molecule has 1 amide bonds. The summed E-state index contributed by atoms with van der Waals surface area (Å²) in [6.45, 7) is 1.14. The van der Waals surface area contributed by atoms with E-state index in [0.717, 1.165) is 24.9 Å². The number of carbonyl (C=O) groups excluding carboxylic acids is 1. The first-order valence-electron chi connectivity index (χ1n) is 7.03. The lowest BCUT2D eigenvalue weighted by Crippen LogP contribution is -2.31. The Kier molecular flexibility index (Phi) is 5.03. The zero-order chi connectivity index (χ0) is 15.2. The van der Waals surface area contributed by atoms with Crippen LogP contribution in [-0.4, -0.2) is 48.3 Å². The quantitative estimate of drug-likeness (QED) is 0.836. The van der Waals surface area contributed by atoms with Crippen LogP contribution in [0.15, 0.2) is 24.3 Å². The molecule has 1 aliphatic rings. The number of methoxy groups -OCH3 is 1. The van der Waals surface area contributed by atoms with Crippen LogP contribution in [0, 0.1) is 0 Å². The van der Waals surface area contributed by atoms with Gasteiger partial charge in [0.2, 0.25) is 0 Å². The number of esters is 1. The van der Waals surface area contributed by atoms with Gasteiger partial charge in [0.1, 0.15) is 0 Å². The molecule has 1 heterocycles. The number of carbonyl (C=O) groups is 2. The van der Waals surface area contributed by atoms with Crippen molar-refractivity contribution in [1.82, 2.24) is 4.90 Å². The molecule has 1 aromatic rings. The Morgan fingerprint density at radius 1 is 1.24 bits per heavy atom. The van der Waals surface area contributed by atoms with Gasteiger partial charge in [-0.1, -0.05) is 0 Å². The molecule has 0 saturated carbocycles. The molecule has 0 bridgehead atoms. The van der Waals surface area contributed by atoms with Crippen LogP contribution >= 0.6 is 0 Å². The zero-order valence-corrected chi connectivity index (χ0v) is 12.0. The lowest BCUT2D eigenvalue weighted by atomic mass is 10.1. The molecule has 2 rings (SSSR count). The lowest BCUT2D eigenvalue weighted by molar-refractivity contribution is 0.0600. The van der Waals surface area contributed by atoms with Gasteiger partial charge in [-0.3, -0.25) is 0 Å². The van der Waals surface area contributed by atoms with Crippen molar-refractivity contribution in [3.8, 4) is 0 Å². The maximum absolute atomic E-state index is 11.4. The topological polar surface area (TPSA) is 78.9 Å². The average Bonchev–Trinajstić information content (AvgIpc) is 2.73. The first-order chi connectivity index (χ1) is 10.1. The van der Waals surface area contributed by atoms with Crippen LogP contribution in [0.1, 0.15) is 29.6 Å². The van der Waals surface area contributed by atoms with Gasteiger partial charge in [0.15, 0.2) is 0 Å². The normalized spacial score (nSPS) is 18.7. The maximum atomic E-state index is 11.4. The molecule has 1 atom stereocenters. The van der Waals surface area contributed by atoms with Crippen molar-refractivity contribution in [2.75, 3.05) is 25.5 Å². The lowest BCUT2D eigenvalue weighted by Gasteiger charge is -2.18. The first-order valence-corrected chi connectivity index (χ1v) is 7.03. The number of hydrogen-bond acceptors (Lipinski definition) is 4. The number of rotatable bonds is 3. The number of anilines is 1. The molecule has 21 heavy (non-hydrogen) atoms. The summed E-state index contributed by atoms with van der Waals surface area (Å²) >= 11 is 0. The molecule has 0 aliphatic carbocycles. The predicted octanol–water partition coefficient (Wildman–Crippen LogP) is 2.42. The van der Waals surface area contributed by atoms with Crippen molar-refractivity contribution in [3.05, 3.63) is 29.8 Å². The molecule has 0 aromatic heterocycles. The summed E-state index contributed by atoms with van der Waals surface area (Å²) in [6, 6.07) is 7.36. The highest BCUT2D eigenvalue weighted by atomic mass is 16.5. The summed E-state index contributed by atoms with van der Waals surface area (Å²) in [4.78, 5) is 23.8. The molecule has 1 fully saturated rings. The van der Waals surface area contributed by atoms with Crippen molar-refractivity contribution in [3.63, 3.8) is 0 Å². The second-order valence-electron chi connectivity index (χ2n) is 5.11. The fraction of sp³-hybridized carbons (Fsp3) is 0.467. The number of carboxylic acid groups (broad SMARTS) is 1. The first kappa shape index (κ1) is 15.2. The number of nitrogens with one attached hydrogen (secondary N) is 1. The van der Waals surface area contributed by atoms with Crippen molar-refractivity contribution in [1.29, 1.82) is 0 Å². The van der Waals surface area contributed by atoms with E-state index in [1.807, 2.05) is 12.1 Å². The average molecular weight is 292 g/mol. The second kappa shape index (κ2) is 6.97. The highest BCUT2D eigenvalue weighted by molar-refractivity contribution is 5.89. The third-order valence-corrected chi connectivity index (χ3v) is 3.68. The van der Waals surface area contributed by atoms with E-state index in [0.29, 0.717) is 18.7 Å². The molecule has 6 nitrogen and oxygen atoms in total. The number of benzene rings is 1. The number of nitrogens with zero attached hydrogens (tertiary/aromatic N) is 1. The Balaban J connectivity index is 1.92. The van der Waals surface area contributed by atoms with Crippen LogP contribution < -0.4 is 5.32 Å². The minimum absolute atomic E-state index is 0.248. The Morgan fingerprint density at radius 3 is 2.57 bits per heavy atom. The van der Waals surface area contributed by atoms with E-state index in [1.54, 1.807) is 12.1 Å². The number of hydrogen-bond donors (Lipinski definition) is 2. The van der Waals surface area contributed by atoms with Crippen molar-refractivity contribution < 1.29 is 19.4 Å². The molecule has 1 aliphatic heterocycles. The SMILES string of the molecule is COC(=O)c1ccc(NC2CCCN(C(=O)O)CC2)cc1. The van der Waals surface area contributed by atoms with Gasteiger partial charge >= 0.3 is 12.1 Å². The summed E-state index contributed by atoms with van der Waals surface area (Å²) < 4.78 is 4.66. The van der Waals surface area contributed by atoms with Gasteiger partial charge in [0, 0.05) is 24.8 Å². The van der Waals surface area contributed by atoms with E-state index in [2.05, 4.69) is 10.1 Å². The molecule has 0 spiro atoms. The maximum Gasteiger partial charge on any atom is 0.407 e. The van der Waals surface area contributed by atoms with E-state index in [1.165, 1.54) is 12.0 Å². The summed E-state index contributed by atoms with van der Waals surface area (Å²) in [7, 11) is 1.36. The summed E-state index contributed by atoms with van der Waals surface area (Å²) in [5, 5.41) is 12.4. The van der Waals surface area contributed by atoms with E-state index in [4.69, 9.17) is 5.11 Å². The van der Waals surface area contributed by atoms with E-state index in [-0.39, 0.29) is 12.0 Å². The van der Waals surface area contributed by atoms with Crippen LogP contribution in [0.25, 0.3) is 0 Å².